The molecule has 1 amide bonds. The number of hydrogen-bond donors (Lipinski definition) is 1. The Labute approximate surface area is 176 Å². The number of thioether (sulfide) groups is 1. The van der Waals surface area contributed by atoms with E-state index in [0.717, 1.165) is 11.8 Å². The molecule has 3 rings (SSSR count). The van der Waals surface area contributed by atoms with Crippen molar-refractivity contribution >= 4 is 45.9 Å². The first-order valence-electron chi connectivity index (χ1n) is 8.86. The molecule has 0 fully saturated rings. The van der Waals surface area contributed by atoms with E-state index in [-0.39, 0.29) is 22.2 Å². The Morgan fingerprint density at radius 2 is 2.10 bits per heavy atom. The molecule has 2 aromatic carbocycles. The van der Waals surface area contributed by atoms with E-state index in [9.17, 15) is 14.0 Å². The molecule has 1 N–H and O–H groups in total. The molecule has 0 unspecified atom stereocenters. The van der Waals surface area contributed by atoms with Crippen molar-refractivity contribution in [3.8, 4) is 0 Å². The molecule has 0 radical (unpaired) electrons. The molecule has 3 aromatic rings. The second kappa shape index (κ2) is 9.87. The highest BCUT2D eigenvalue weighted by atomic mass is 35.5. The van der Waals surface area contributed by atoms with Crippen LogP contribution in [0.4, 0.5) is 10.1 Å². The normalized spacial score (nSPS) is 11.0. The van der Waals surface area contributed by atoms with Crippen LogP contribution < -0.4 is 10.9 Å². The van der Waals surface area contributed by atoms with E-state index in [0.29, 0.717) is 41.3 Å². The van der Waals surface area contributed by atoms with Gasteiger partial charge in [0.05, 0.1) is 21.7 Å². The molecule has 0 aliphatic rings. The Morgan fingerprint density at radius 3 is 2.86 bits per heavy atom. The summed E-state index contributed by atoms with van der Waals surface area (Å²) in [6, 6.07) is 11.1. The van der Waals surface area contributed by atoms with Gasteiger partial charge in [-0.3, -0.25) is 14.2 Å². The Balaban J connectivity index is 1.78. The van der Waals surface area contributed by atoms with Crippen molar-refractivity contribution in [2.45, 2.75) is 18.1 Å². The van der Waals surface area contributed by atoms with Crippen LogP contribution >= 0.6 is 23.4 Å². The third-order valence-corrected chi connectivity index (χ3v) is 5.36. The minimum absolute atomic E-state index is 0.0318. The molecular formula is C20H19ClFN3O3S. The largest absolute Gasteiger partial charge is 0.385 e. The zero-order valence-corrected chi connectivity index (χ0v) is 17.2. The van der Waals surface area contributed by atoms with Crippen molar-refractivity contribution in [1.82, 2.24) is 9.55 Å². The number of nitrogens with one attached hydrogen (secondary N) is 1. The van der Waals surface area contributed by atoms with E-state index in [1.165, 1.54) is 18.2 Å². The molecule has 6 nitrogen and oxygen atoms in total. The Kier molecular flexibility index (Phi) is 7.24. The summed E-state index contributed by atoms with van der Waals surface area (Å²) in [5, 5.41) is 3.57. The second-order valence-corrected chi connectivity index (χ2v) is 7.53. The molecule has 0 saturated heterocycles. The highest BCUT2D eigenvalue weighted by Crippen LogP contribution is 2.21. The van der Waals surface area contributed by atoms with Crippen molar-refractivity contribution in [2.24, 2.45) is 0 Å². The van der Waals surface area contributed by atoms with Gasteiger partial charge < -0.3 is 10.1 Å². The number of fused-ring (bicyclic) bond motifs is 1. The lowest BCUT2D eigenvalue weighted by Gasteiger charge is -2.13. The van der Waals surface area contributed by atoms with E-state index in [2.05, 4.69) is 10.3 Å². The van der Waals surface area contributed by atoms with Gasteiger partial charge in [-0.2, -0.15) is 0 Å². The maximum Gasteiger partial charge on any atom is 0.262 e. The number of halogens is 2. The molecule has 0 aliphatic carbocycles. The number of amides is 1. The van der Waals surface area contributed by atoms with E-state index < -0.39 is 5.82 Å². The van der Waals surface area contributed by atoms with Crippen molar-refractivity contribution in [3.63, 3.8) is 0 Å². The third kappa shape index (κ3) is 5.35. The number of rotatable bonds is 8. The molecule has 152 valence electrons. The molecule has 1 aromatic heterocycles. The summed E-state index contributed by atoms with van der Waals surface area (Å²) in [6.07, 6.45) is 0.643. The van der Waals surface area contributed by atoms with Crippen LogP contribution in [0.2, 0.25) is 5.02 Å². The molecule has 0 bridgehead atoms. The lowest BCUT2D eigenvalue weighted by atomic mass is 10.2. The monoisotopic (exact) mass is 435 g/mol. The molecular weight excluding hydrogens is 417 g/mol. The average Bonchev–Trinajstić information content (AvgIpc) is 2.71. The van der Waals surface area contributed by atoms with Gasteiger partial charge in [0.2, 0.25) is 5.91 Å². The number of carbonyl (C=O) groups is 1. The molecule has 1 heterocycles. The van der Waals surface area contributed by atoms with Gasteiger partial charge in [-0.25, -0.2) is 9.37 Å². The minimum atomic E-state index is -0.556. The van der Waals surface area contributed by atoms with Gasteiger partial charge in [0, 0.05) is 25.9 Å². The van der Waals surface area contributed by atoms with Crippen LogP contribution in [0, 0.1) is 5.82 Å². The van der Waals surface area contributed by atoms with E-state index in [1.54, 1.807) is 29.9 Å². The lowest BCUT2D eigenvalue weighted by Crippen LogP contribution is -2.25. The number of nitrogens with zero attached hydrogens (tertiary/aromatic N) is 2. The minimum Gasteiger partial charge on any atom is -0.385 e. The Bertz CT molecular complexity index is 1090. The zero-order valence-electron chi connectivity index (χ0n) is 15.7. The third-order valence-electron chi connectivity index (χ3n) is 4.09. The van der Waals surface area contributed by atoms with Crippen LogP contribution in [0.25, 0.3) is 10.9 Å². The summed E-state index contributed by atoms with van der Waals surface area (Å²) in [4.78, 5) is 29.7. The number of benzene rings is 2. The van der Waals surface area contributed by atoms with Crippen LogP contribution in [0.1, 0.15) is 6.42 Å². The number of hydrogen-bond acceptors (Lipinski definition) is 5. The number of aromatic nitrogens is 2. The predicted molar refractivity (Wildman–Crippen MR) is 113 cm³/mol. The van der Waals surface area contributed by atoms with Crippen molar-refractivity contribution in [2.75, 3.05) is 24.8 Å². The molecule has 9 heteroatoms. The lowest BCUT2D eigenvalue weighted by molar-refractivity contribution is -0.113. The molecule has 0 saturated carbocycles. The highest BCUT2D eigenvalue weighted by Gasteiger charge is 2.13. The van der Waals surface area contributed by atoms with Gasteiger partial charge in [-0.1, -0.05) is 35.5 Å². The smallest absolute Gasteiger partial charge is 0.262 e. The van der Waals surface area contributed by atoms with E-state index in [1.807, 2.05) is 6.07 Å². The van der Waals surface area contributed by atoms with Gasteiger partial charge in [0.15, 0.2) is 5.16 Å². The number of para-hydroxylation sites is 1. The van der Waals surface area contributed by atoms with Crippen LogP contribution in [-0.4, -0.2) is 34.9 Å². The summed E-state index contributed by atoms with van der Waals surface area (Å²) < 4.78 is 19.9. The fraction of sp³-hybridized carbons (Fsp3) is 0.250. The zero-order chi connectivity index (χ0) is 20.8. The van der Waals surface area contributed by atoms with Crippen LogP contribution in [0.5, 0.6) is 0 Å². The maximum atomic E-state index is 13.2. The summed E-state index contributed by atoms with van der Waals surface area (Å²) in [5.41, 5.74) is 0.819. The topological polar surface area (TPSA) is 73.2 Å². The van der Waals surface area contributed by atoms with Crippen molar-refractivity contribution in [3.05, 3.63) is 63.7 Å². The predicted octanol–water partition coefficient (Wildman–Crippen LogP) is 3.96. The maximum absolute atomic E-state index is 13.2. The number of carbonyl (C=O) groups excluding carboxylic acids is 1. The fourth-order valence-electron chi connectivity index (χ4n) is 2.72. The van der Waals surface area contributed by atoms with Crippen LogP contribution in [-0.2, 0) is 16.1 Å². The second-order valence-electron chi connectivity index (χ2n) is 6.18. The molecule has 0 spiro atoms. The van der Waals surface area contributed by atoms with Crippen LogP contribution in [0.15, 0.2) is 52.4 Å². The quantitative estimate of drug-likeness (QED) is 0.329. The summed E-state index contributed by atoms with van der Waals surface area (Å²) in [6.45, 7) is 0.942. The van der Waals surface area contributed by atoms with E-state index >= 15 is 0 Å². The first-order chi connectivity index (χ1) is 14.0. The van der Waals surface area contributed by atoms with Gasteiger partial charge in [-0.05, 0) is 36.8 Å². The van der Waals surface area contributed by atoms with Crippen molar-refractivity contribution in [1.29, 1.82) is 0 Å². The standard InChI is InChI=1S/C20H19ClFN3O3S/c1-28-10-4-9-25-19(27)14-5-2-3-6-17(14)24-20(25)29-12-18(26)23-13-7-8-16(22)15(21)11-13/h2-3,5-8,11H,4,9-10,12H2,1H3,(H,23,26). The van der Waals surface area contributed by atoms with Crippen LogP contribution in [0.3, 0.4) is 0 Å². The Morgan fingerprint density at radius 1 is 1.31 bits per heavy atom. The number of methoxy groups -OCH3 is 1. The average molecular weight is 436 g/mol. The van der Waals surface area contributed by atoms with E-state index in [4.69, 9.17) is 16.3 Å². The SMILES string of the molecule is COCCCn1c(SCC(=O)Nc2ccc(F)c(Cl)c2)nc2ccccc2c1=O. The van der Waals surface area contributed by atoms with Crippen molar-refractivity contribution < 1.29 is 13.9 Å². The summed E-state index contributed by atoms with van der Waals surface area (Å²) in [7, 11) is 1.60. The molecule has 0 atom stereocenters. The number of ether oxygens (including phenoxy) is 1. The first kappa shape index (κ1) is 21.3. The highest BCUT2D eigenvalue weighted by molar-refractivity contribution is 7.99. The van der Waals surface area contributed by atoms with Gasteiger partial charge >= 0.3 is 0 Å². The number of anilines is 1. The molecule has 29 heavy (non-hydrogen) atoms. The fourth-order valence-corrected chi connectivity index (χ4v) is 3.73. The van der Waals surface area contributed by atoms with Gasteiger partial charge in [0.1, 0.15) is 5.82 Å². The summed E-state index contributed by atoms with van der Waals surface area (Å²) >= 11 is 6.90. The summed E-state index contributed by atoms with van der Waals surface area (Å²) in [5.74, 6) is -0.840. The Hall–Kier alpha value is -2.42. The molecule has 0 aliphatic heterocycles. The first-order valence-corrected chi connectivity index (χ1v) is 10.2. The van der Waals surface area contributed by atoms with Gasteiger partial charge in [-0.15, -0.1) is 0 Å². The van der Waals surface area contributed by atoms with Gasteiger partial charge in [0.25, 0.3) is 5.56 Å².